The van der Waals surface area contributed by atoms with Crippen LogP contribution < -0.4 is 4.90 Å². The summed E-state index contributed by atoms with van der Waals surface area (Å²) in [5, 5.41) is 7.98. The Labute approximate surface area is 334 Å². The van der Waals surface area contributed by atoms with Gasteiger partial charge in [0, 0.05) is 49.3 Å². The fourth-order valence-corrected chi connectivity index (χ4v) is 8.66. The quantitative estimate of drug-likeness (QED) is 0.171. The van der Waals surface area contributed by atoms with Crippen LogP contribution in [0.3, 0.4) is 0 Å². The van der Waals surface area contributed by atoms with Gasteiger partial charge in [0.2, 0.25) is 5.95 Å². The van der Waals surface area contributed by atoms with Gasteiger partial charge in [0.15, 0.2) is 11.6 Å². The Kier molecular flexibility index (Phi) is 6.56. The second-order valence-corrected chi connectivity index (χ2v) is 14.7. The number of anilines is 3. The van der Waals surface area contributed by atoms with E-state index in [1.165, 1.54) is 0 Å². The summed E-state index contributed by atoms with van der Waals surface area (Å²) in [6.45, 7) is 0. The van der Waals surface area contributed by atoms with Crippen LogP contribution in [0.1, 0.15) is 0 Å². The number of para-hydroxylation sites is 5. The minimum atomic E-state index is 0.406. The summed E-state index contributed by atoms with van der Waals surface area (Å²) >= 11 is 0. The van der Waals surface area contributed by atoms with Gasteiger partial charge in [-0.1, -0.05) is 91.0 Å². The van der Waals surface area contributed by atoms with E-state index in [0.29, 0.717) is 23.2 Å². The van der Waals surface area contributed by atoms with Gasteiger partial charge in [0.25, 0.3) is 0 Å². The maximum absolute atomic E-state index is 6.57. The molecule has 5 heterocycles. The Hall–Kier alpha value is -8.23. The van der Waals surface area contributed by atoms with E-state index < -0.39 is 0 Å². The number of hydrogen-bond donors (Lipinski definition) is 0. The Morgan fingerprint density at radius 1 is 0.356 bits per heavy atom. The first kappa shape index (κ1) is 31.9. The number of fused-ring (bicyclic) bond motifs is 12. The molecule has 0 atom stereocenters. The first-order chi connectivity index (χ1) is 29.2. The molecule has 0 aliphatic heterocycles. The van der Waals surface area contributed by atoms with Gasteiger partial charge in [-0.3, -0.25) is 4.90 Å². The van der Waals surface area contributed by atoms with Crippen LogP contribution in [-0.4, -0.2) is 15.0 Å². The smallest absolute Gasteiger partial charge is 0.238 e. The van der Waals surface area contributed by atoms with E-state index in [0.717, 1.165) is 105 Å². The lowest BCUT2D eigenvalue weighted by molar-refractivity contribution is 0.668. The van der Waals surface area contributed by atoms with Crippen molar-refractivity contribution in [3.05, 3.63) is 170 Å². The van der Waals surface area contributed by atoms with Crippen molar-refractivity contribution in [1.29, 1.82) is 0 Å². The molecule has 0 radical (unpaired) electrons. The van der Waals surface area contributed by atoms with Gasteiger partial charge in [0.1, 0.15) is 44.7 Å². The number of aromatic nitrogens is 3. The van der Waals surface area contributed by atoms with E-state index >= 15 is 0 Å². The first-order valence-electron chi connectivity index (χ1n) is 19.4. The highest BCUT2D eigenvalue weighted by Crippen LogP contribution is 2.45. The number of benzene rings is 8. The lowest BCUT2D eigenvalue weighted by atomic mass is 10.1. The van der Waals surface area contributed by atoms with E-state index in [1.54, 1.807) is 0 Å². The van der Waals surface area contributed by atoms with Crippen molar-refractivity contribution in [2.24, 2.45) is 0 Å². The van der Waals surface area contributed by atoms with Gasteiger partial charge < -0.3 is 17.7 Å². The number of hydrogen-bond acceptors (Lipinski definition) is 8. The van der Waals surface area contributed by atoms with Crippen LogP contribution in [0.25, 0.3) is 111 Å². The highest BCUT2D eigenvalue weighted by atomic mass is 16.3. The summed E-state index contributed by atoms with van der Waals surface area (Å²) in [4.78, 5) is 18.0. The second kappa shape index (κ2) is 12.1. The Bertz CT molecular complexity index is 3830. The maximum atomic E-state index is 6.57. The average molecular weight is 761 g/mol. The molecule has 276 valence electrons. The summed E-state index contributed by atoms with van der Waals surface area (Å²) < 4.78 is 25.7. The first-order valence-corrected chi connectivity index (χ1v) is 19.4. The maximum Gasteiger partial charge on any atom is 0.238 e. The molecule has 0 saturated heterocycles. The third kappa shape index (κ3) is 4.80. The molecule has 0 aliphatic rings. The highest BCUT2D eigenvalue weighted by molar-refractivity contribution is 6.14. The molecular formula is C51H28N4O4. The monoisotopic (exact) mass is 760 g/mol. The van der Waals surface area contributed by atoms with Gasteiger partial charge in [0.05, 0.1) is 22.3 Å². The molecule has 0 saturated carbocycles. The Morgan fingerprint density at radius 2 is 0.915 bits per heavy atom. The Morgan fingerprint density at radius 3 is 1.71 bits per heavy atom. The van der Waals surface area contributed by atoms with Gasteiger partial charge in [-0.25, -0.2) is 4.98 Å². The molecule has 0 amide bonds. The van der Waals surface area contributed by atoms with E-state index in [9.17, 15) is 0 Å². The predicted molar refractivity (Wildman–Crippen MR) is 234 cm³/mol. The third-order valence-corrected chi connectivity index (χ3v) is 11.3. The predicted octanol–water partition coefficient (Wildman–Crippen LogP) is 14.3. The molecule has 13 rings (SSSR count). The minimum absolute atomic E-state index is 0.406. The standard InChI is InChI=1S/C51H28N4O4/c1-5-18-40-31(11-1)34-25-24-30(28-46(34)58-40)55(39-17-10-22-45-47(39)36-14-4-8-21-43(36)57-45)51-53-49(29-23-26-44-38(27-29)33-13-3-6-19-41(33)56-44)52-50(54-51)37-16-9-15-35-32-12-2-7-20-42(32)59-48(35)37/h1-28H. The lowest BCUT2D eigenvalue weighted by Gasteiger charge is -2.24. The van der Waals surface area contributed by atoms with Crippen molar-refractivity contribution >= 4 is 105 Å². The summed E-state index contributed by atoms with van der Waals surface area (Å²) in [7, 11) is 0. The molecule has 0 N–H and O–H groups in total. The number of rotatable bonds is 5. The fraction of sp³-hybridized carbons (Fsp3) is 0. The molecule has 8 nitrogen and oxygen atoms in total. The molecule has 0 bridgehead atoms. The largest absolute Gasteiger partial charge is 0.456 e. The normalized spacial score (nSPS) is 12.1. The topological polar surface area (TPSA) is 94.5 Å². The van der Waals surface area contributed by atoms with E-state index in [4.69, 9.17) is 32.6 Å². The van der Waals surface area contributed by atoms with E-state index in [-0.39, 0.29) is 0 Å². The molecule has 0 unspecified atom stereocenters. The highest BCUT2D eigenvalue weighted by Gasteiger charge is 2.26. The fourth-order valence-electron chi connectivity index (χ4n) is 8.66. The zero-order valence-corrected chi connectivity index (χ0v) is 31.1. The molecular weight excluding hydrogens is 733 g/mol. The SMILES string of the molecule is c1ccc2c(c1)oc1cc(N(c3nc(-c4ccc5oc6ccccc6c5c4)nc(-c4cccc5c4oc4ccccc45)n3)c3cccc4oc5ccccc5c34)ccc12. The molecule has 0 fully saturated rings. The molecule has 0 spiro atoms. The second-order valence-electron chi connectivity index (χ2n) is 14.7. The van der Waals surface area contributed by atoms with E-state index in [1.807, 2.05) is 109 Å². The summed E-state index contributed by atoms with van der Waals surface area (Å²) in [6.07, 6.45) is 0. The van der Waals surface area contributed by atoms with Gasteiger partial charge >= 0.3 is 0 Å². The molecule has 8 heteroatoms. The van der Waals surface area contributed by atoms with Crippen LogP contribution in [0.5, 0.6) is 0 Å². The number of nitrogens with zero attached hydrogens (tertiary/aromatic N) is 4. The van der Waals surface area contributed by atoms with E-state index in [2.05, 4.69) is 65.6 Å². The van der Waals surface area contributed by atoms with Crippen LogP contribution >= 0.6 is 0 Å². The van der Waals surface area contributed by atoms with Crippen molar-refractivity contribution in [3.8, 4) is 22.8 Å². The average Bonchev–Trinajstić information content (AvgIpc) is 4.06. The van der Waals surface area contributed by atoms with Crippen LogP contribution in [0.4, 0.5) is 17.3 Å². The van der Waals surface area contributed by atoms with Crippen LogP contribution in [0.2, 0.25) is 0 Å². The van der Waals surface area contributed by atoms with Gasteiger partial charge in [-0.15, -0.1) is 0 Å². The summed E-state index contributed by atoms with van der Waals surface area (Å²) in [5.74, 6) is 1.36. The molecule has 13 aromatic rings. The van der Waals surface area contributed by atoms with Crippen LogP contribution in [0.15, 0.2) is 188 Å². The van der Waals surface area contributed by atoms with Crippen molar-refractivity contribution in [2.45, 2.75) is 0 Å². The van der Waals surface area contributed by atoms with Gasteiger partial charge in [-0.2, -0.15) is 9.97 Å². The van der Waals surface area contributed by atoms with Crippen molar-refractivity contribution in [2.75, 3.05) is 4.90 Å². The molecule has 8 aromatic carbocycles. The number of furan rings is 4. The Balaban J connectivity index is 1.12. The van der Waals surface area contributed by atoms with Crippen LogP contribution in [0, 0.1) is 0 Å². The van der Waals surface area contributed by atoms with Crippen molar-refractivity contribution in [3.63, 3.8) is 0 Å². The molecule has 5 aromatic heterocycles. The summed E-state index contributed by atoms with van der Waals surface area (Å²) in [6, 6.07) is 56.9. The summed E-state index contributed by atoms with van der Waals surface area (Å²) in [5.41, 5.74) is 9.40. The lowest BCUT2D eigenvalue weighted by Crippen LogP contribution is -2.15. The zero-order chi connectivity index (χ0) is 38.6. The third-order valence-electron chi connectivity index (χ3n) is 11.3. The minimum Gasteiger partial charge on any atom is -0.456 e. The van der Waals surface area contributed by atoms with Gasteiger partial charge in [-0.05, 0) is 72.8 Å². The molecule has 0 aliphatic carbocycles. The zero-order valence-electron chi connectivity index (χ0n) is 31.1. The van der Waals surface area contributed by atoms with Crippen molar-refractivity contribution in [1.82, 2.24) is 15.0 Å². The molecule has 59 heavy (non-hydrogen) atoms. The van der Waals surface area contributed by atoms with Crippen LogP contribution in [-0.2, 0) is 0 Å². The van der Waals surface area contributed by atoms with Crippen molar-refractivity contribution < 1.29 is 17.7 Å².